The lowest BCUT2D eigenvalue weighted by molar-refractivity contribution is 0.574. The van der Waals surface area contributed by atoms with Crippen molar-refractivity contribution in [3.05, 3.63) is 18.2 Å². The van der Waals surface area contributed by atoms with Gasteiger partial charge in [0.2, 0.25) is 0 Å². The molecule has 0 atom stereocenters. The normalized spacial score (nSPS) is 13.3. The van der Waals surface area contributed by atoms with Crippen molar-refractivity contribution in [2.75, 3.05) is 0 Å². The molecule has 0 aliphatic rings. The molecule has 68 valence electrons. The van der Waals surface area contributed by atoms with E-state index in [-0.39, 0.29) is 5.41 Å². The zero-order chi connectivity index (χ0) is 10.3. The van der Waals surface area contributed by atoms with Crippen molar-refractivity contribution < 1.29 is 1.41 Å². The van der Waals surface area contributed by atoms with Gasteiger partial charge in [0, 0.05) is 5.41 Å². The van der Waals surface area contributed by atoms with E-state index in [1.54, 1.807) is 6.20 Å². The molecule has 0 saturated carbocycles. The van der Waals surface area contributed by atoms with Crippen LogP contribution in [-0.4, -0.2) is 20.2 Å². The molecule has 0 fully saturated rings. The van der Waals surface area contributed by atoms with Gasteiger partial charge in [-0.05, 0) is 0 Å². The van der Waals surface area contributed by atoms with Gasteiger partial charge in [0.05, 0.1) is 17.3 Å². The van der Waals surface area contributed by atoms with Crippen molar-refractivity contribution in [2.45, 2.75) is 26.2 Å². The van der Waals surface area contributed by atoms with Crippen molar-refractivity contribution in [1.82, 2.24) is 20.2 Å². The first-order chi connectivity index (χ1) is 6.50. The van der Waals surface area contributed by atoms with Crippen LogP contribution in [0.3, 0.4) is 0 Å². The zero-order valence-corrected chi connectivity index (χ0v) is 7.94. The van der Waals surface area contributed by atoms with Crippen molar-refractivity contribution in [3.63, 3.8) is 0 Å². The molecule has 0 bridgehead atoms. The van der Waals surface area contributed by atoms with Crippen LogP contribution in [0.5, 0.6) is 0 Å². The SMILES string of the molecule is [2H]n1ncc2c(C(C)(C)C)ncnc21. The number of hydrogen-bond acceptors (Lipinski definition) is 3. The fourth-order valence-corrected chi connectivity index (χ4v) is 1.32. The highest BCUT2D eigenvalue weighted by atomic mass is 15.1. The maximum atomic E-state index is 7.46. The van der Waals surface area contributed by atoms with E-state index in [2.05, 4.69) is 35.8 Å². The summed E-state index contributed by atoms with van der Waals surface area (Å²) in [6.07, 6.45) is 3.12. The zero-order valence-electron chi connectivity index (χ0n) is 8.94. The van der Waals surface area contributed by atoms with Crippen LogP contribution in [0.25, 0.3) is 11.0 Å². The third-order valence-electron chi connectivity index (χ3n) is 1.91. The van der Waals surface area contributed by atoms with Gasteiger partial charge in [-0.2, -0.15) is 5.10 Å². The monoisotopic (exact) mass is 177 g/mol. The number of rotatable bonds is 0. The lowest BCUT2D eigenvalue weighted by Gasteiger charge is -2.17. The smallest absolute Gasteiger partial charge is 0.192 e. The highest BCUT2D eigenvalue weighted by Crippen LogP contribution is 2.25. The summed E-state index contributed by atoms with van der Waals surface area (Å²) in [6, 6.07) is 0. The van der Waals surface area contributed by atoms with E-state index in [0.29, 0.717) is 5.65 Å². The van der Waals surface area contributed by atoms with Crippen LogP contribution in [0, 0.1) is 0 Å². The summed E-state index contributed by atoms with van der Waals surface area (Å²) in [7, 11) is 0. The van der Waals surface area contributed by atoms with E-state index in [0.717, 1.165) is 16.2 Å². The fourth-order valence-electron chi connectivity index (χ4n) is 1.32. The van der Waals surface area contributed by atoms with Gasteiger partial charge in [-0.15, -0.1) is 0 Å². The van der Waals surface area contributed by atoms with Crippen molar-refractivity contribution >= 4 is 11.0 Å². The van der Waals surface area contributed by atoms with E-state index >= 15 is 0 Å². The van der Waals surface area contributed by atoms with E-state index in [9.17, 15) is 0 Å². The Morgan fingerprint density at radius 1 is 1.38 bits per heavy atom. The molecular weight excluding hydrogens is 164 g/mol. The van der Waals surface area contributed by atoms with E-state index in [1.165, 1.54) is 6.33 Å². The van der Waals surface area contributed by atoms with E-state index in [1.807, 2.05) is 0 Å². The molecule has 0 unspecified atom stereocenters. The highest BCUT2D eigenvalue weighted by Gasteiger charge is 2.19. The first-order valence-corrected chi connectivity index (χ1v) is 4.18. The van der Waals surface area contributed by atoms with Crippen LogP contribution in [0.2, 0.25) is 1.41 Å². The third kappa shape index (κ3) is 1.28. The number of aromatic nitrogens is 4. The summed E-state index contributed by atoms with van der Waals surface area (Å²) in [6.45, 7) is 6.24. The summed E-state index contributed by atoms with van der Waals surface area (Å²) in [5.41, 5.74) is 1.44. The number of hydrogen-bond donors (Lipinski definition) is 1. The van der Waals surface area contributed by atoms with Gasteiger partial charge in [0.25, 0.3) is 0 Å². The van der Waals surface area contributed by atoms with Crippen LogP contribution in [-0.2, 0) is 5.41 Å². The van der Waals surface area contributed by atoms with Gasteiger partial charge >= 0.3 is 0 Å². The van der Waals surface area contributed by atoms with Gasteiger partial charge < -0.3 is 0 Å². The Labute approximate surface area is 77.9 Å². The molecule has 0 aliphatic heterocycles. The second-order valence-corrected chi connectivity index (χ2v) is 4.05. The Bertz CT molecular complexity index is 469. The summed E-state index contributed by atoms with van der Waals surface area (Å²) in [4.78, 5) is 8.26. The topological polar surface area (TPSA) is 54.5 Å². The van der Waals surface area contributed by atoms with Crippen molar-refractivity contribution in [1.29, 1.82) is 0 Å². The number of H-pyrrole nitrogens is 1. The second kappa shape index (κ2) is 2.52. The van der Waals surface area contributed by atoms with Gasteiger partial charge in [0.1, 0.15) is 6.33 Å². The summed E-state index contributed by atoms with van der Waals surface area (Å²) in [5, 5.41) is 5.73. The molecule has 2 aromatic heterocycles. The van der Waals surface area contributed by atoms with Crippen molar-refractivity contribution in [3.8, 4) is 0 Å². The standard InChI is InChI=1S/C9H12N4/c1-9(2,3)7-6-4-12-13-8(6)11-5-10-7/h4-5H,1-3H3,(H,10,11,12,13)/i/hD. The molecule has 2 aromatic rings. The quantitative estimate of drug-likeness (QED) is 0.665. The maximum Gasteiger partial charge on any atom is 0.192 e. The average Bonchev–Trinajstić information content (AvgIpc) is 2.46. The molecule has 0 radical (unpaired) electrons. The Hall–Kier alpha value is -1.45. The lowest BCUT2D eigenvalue weighted by atomic mass is 9.90. The average molecular weight is 177 g/mol. The molecule has 2 heterocycles. The number of nitrogens with one attached hydrogen (secondary N) is 1. The minimum absolute atomic E-state index is 0.0514. The first kappa shape index (κ1) is 7.00. The minimum atomic E-state index is -0.0514. The van der Waals surface area contributed by atoms with Crippen LogP contribution in [0.4, 0.5) is 0 Å². The molecule has 0 amide bonds. The third-order valence-corrected chi connectivity index (χ3v) is 1.91. The Balaban J connectivity index is 2.79. The summed E-state index contributed by atoms with van der Waals surface area (Å²) < 4.78 is 7.46. The maximum absolute atomic E-state index is 7.46. The molecule has 0 aromatic carbocycles. The van der Waals surface area contributed by atoms with Gasteiger partial charge in [-0.25, -0.2) is 9.97 Å². The Morgan fingerprint density at radius 3 is 2.85 bits per heavy atom. The molecular formula is C9H12N4. The van der Waals surface area contributed by atoms with Crippen LogP contribution in [0.1, 0.15) is 26.5 Å². The molecule has 4 heteroatoms. The molecule has 0 saturated heterocycles. The Morgan fingerprint density at radius 2 is 2.15 bits per heavy atom. The predicted molar refractivity (Wildman–Crippen MR) is 50.4 cm³/mol. The van der Waals surface area contributed by atoms with Crippen LogP contribution < -0.4 is 0 Å². The van der Waals surface area contributed by atoms with Crippen LogP contribution >= 0.6 is 0 Å². The summed E-state index contributed by atoms with van der Waals surface area (Å²) in [5.74, 6) is 0. The highest BCUT2D eigenvalue weighted by molar-refractivity contribution is 5.77. The van der Waals surface area contributed by atoms with Crippen LogP contribution in [0.15, 0.2) is 12.5 Å². The molecule has 2 rings (SSSR count). The van der Waals surface area contributed by atoms with E-state index in [4.69, 9.17) is 1.41 Å². The second-order valence-electron chi connectivity index (χ2n) is 4.05. The van der Waals surface area contributed by atoms with Gasteiger partial charge in [-0.1, -0.05) is 20.8 Å². The number of fused-ring (bicyclic) bond motifs is 1. The molecule has 0 spiro atoms. The Kier molecular flexibility index (Phi) is 1.36. The number of nitrogens with zero attached hydrogens (tertiary/aromatic N) is 3. The van der Waals surface area contributed by atoms with Crippen molar-refractivity contribution in [2.24, 2.45) is 0 Å². The largest absolute Gasteiger partial charge is 0.261 e. The predicted octanol–water partition coefficient (Wildman–Crippen LogP) is 1.65. The fraction of sp³-hybridized carbons (Fsp3) is 0.444. The van der Waals surface area contributed by atoms with Gasteiger partial charge in [0.15, 0.2) is 7.06 Å². The number of aromatic amines is 1. The summed E-state index contributed by atoms with van der Waals surface area (Å²) >= 11 is 0. The first-order valence-electron chi connectivity index (χ1n) is 4.63. The lowest BCUT2D eigenvalue weighted by Crippen LogP contribution is -2.13. The molecule has 1 N–H and O–H groups in total. The molecule has 13 heavy (non-hydrogen) atoms. The molecule has 4 nitrogen and oxygen atoms in total. The van der Waals surface area contributed by atoms with Gasteiger partial charge in [-0.3, -0.25) is 5.09 Å². The minimum Gasteiger partial charge on any atom is -0.261 e. The molecule has 0 aliphatic carbocycles. The van der Waals surface area contributed by atoms with E-state index < -0.39 is 0 Å².